The van der Waals surface area contributed by atoms with Gasteiger partial charge in [0.15, 0.2) is 10.2 Å². The van der Waals surface area contributed by atoms with Crippen LogP contribution in [-0.4, -0.2) is 10.2 Å². The van der Waals surface area contributed by atoms with Gasteiger partial charge in [0.2, 0.25) is 0 Å². The predicted molar refractivity (Wildman–Crippen MR) is 118 cm³/mol. The highest BCUT2D eigenvalue weighted by molar-refractivity contribution is 7.81. The third-order valence-electron chi connectivity index (χ3n) is 3.55. The molecule has 25 heavy (non-hydrogen) atoms. The van der Waals surface area contributed by atoms with Gasteiger partial charge in [-0.25, -0.2) is 0 Å². The summed E-state index contributed by atoms with van der Waals surface area (Å²) in [5.74, 6) is 0. The van der Waals surface area contributed by atoms with Crippen molar-refractivity contribution in [2.75, 3.05) is 10.6 Å². The summed E-state index contributed by atoms with van der Waals surface area (Å²) < 4.78 is 0. The van der Waals surface area contributed by atoms with Crippen LogP contribution in [0.1, 0.15) is 23.6 Å². The van der Waals surface area contributed by atoms with Gasteiger partial charge in [0.1, 0.15) is 0 Å². The van der Waals surface area contributed by atoms with E-state index in [1.165, 1.54) is 11.1 Å². The van der Waals surface area contributed by atoms with Crippen molar-refractivity contribution < 1.29 is 0 Å². The predicted octanol–water partition coefficient (Wildman–Crippen LogP) is 4.48. The third kappa shape index (κ3) is 6.86. The Bertz CT molecular complexity index is 732. The highest BCUT2D eigenvalue weighted by atomic mass is 35.5. The maximum atomic E-state index is 5.28. The number of benzene rings is 2. The molecule has 0 aliphatic heterocycles. The number of hydrazine groups is 1. The van der Waals surface area contributed by atoms with E-state index >= 15 is 0 Å². The van der Waals surface area contributed by atoms with Crippen LogP contribution in [0, 0.1) is 13.8 Å². The first-order valence-electron chi connectivity index (χ1n) is 7.78. The number of aryl methyl sites for hydroxylation is 3. The van der Waals surface area contributed by atoms with E-state index < -0.39 is 0 Å². The zero-order chi connectivity index (χ0) is 17.5. The minimum atomic E-state index is 0. The molecule has 0 radical (unpaired) electrons. The molecule has 0 aliphatic rings. The lowest BCUT2D eigenvalue weighted by Gasteiger charge is -2.15. The molecule has 0 fully saturated rings. The van der Waals surface area contributed by atoms with E-state index in [1.807, 2.05) is 26.0 Å². The molecule has 0 bridgehead atoms. The number of hydrogen-bond donors (Lipinski definition) is 4. The molecule has 0 unspecified atom stereocenters. The maximum absolute atomic E-state index is 5.28. The molecule has 0 amide bonds. The Morgan fingerprint density at radius 1 is 0.880 bits per heavy atom. The fourth-order valence-electron chi connectivity index (χ4n) is 2.12. The van der Waals surface area contributed by atoms with Crippen molar-refractivity contribution in [3.8, 4) is 0 Å². The van der Waals surface area contributed by atoms with Gasteiger partial charge in [-0.05, 0) is 79.6 Å². The van der Waals surface area contributed by atoms with Gasteiger partial charge in [0.05, 0.1) is 0 Å². The molecule has 4 N–H and O–H groups in total. The van der Waals surface area contributed by atoms with Crippen molar-refractivity contribution in [3.05, 3.63) is 59.2 Å². The number of hydrogen-bond acceptors (Lipinski definition) is 2. The van der Waals surface area contributed by atoms with E-state index in [0.29, 0.717) is 10.2 Å². The van der Waals surface area contributed by atoms with Gasteiger partial charge in [-0.3, -0.25) is 10.9 Å². The fraction of sp³-hybridized carbons (Fsp3) is 0.222. The molecule has 7 heteroatoms. The fourth-order valence-corrected chi connectivity index (χ4v) is 2.45. The second-order valence-corrected chi connectivity index (χ2v) is 6.34. The molecule has 2 aromatic rings. The maximum Gasteiger partial charge on any atom is 0.189 e. The van der Waals surface area contributed by atoms with Gasteiger partial charge in [-0.15, -0.1) is 12.4 Å². The second kappa shape index (κ2) is 10.2. The largest absolute Gasteiger partial charge is 0.331 e. The van der Waals surface area contributed by atoms with Crippen LogP contribution in [0.15, 0.2) is 42.5 Å². The summed E-state index contributed by atoms with van der Waals surface area (Å²) in [7, 11) is 0. The van der Waals surface area contributed by atoms with E-state index in [0.717, 1.165) is 23.4 Å². The lowest BCUT2D eigenvalue weighted by atomic mass is 10.1. The van der Waals surface area contributed by atoms with Crippen molar-refractivity contribution >= 4 is 58.4 Å². The summed E-state index contributed by atoms with van der Waals surface area (Å²) >= 11 is 10.5. The molecule has 0 saturated heterocycles. The summed E-state index contributed by atoms with van der Waals surface area (Å²) in [6.45, 7) is 6.20. The minimum Gasteiger partial charge on any atom is -0.331 e. The molecule has 0 atom stereocenters. The number of halogens is 1. The van der Waals surface area contributed by atoms with Crippen LogP contribution in [0.2, 0.25) is 0 Å². The van der Waals surface area contributed by atoms with Crippen LogP contribution in [0.3, 0.4) is 0 Å². The SMILES string of the molecule is CCc1ccc(NC(=S)NNC(=S)Nc2cc(C)ccc2C)cc1.Cl. The lowest BCUT2D eigenvalue weighted by molar-refractivity contribution is 0.885. The second-order valence-electron chi connectivity index (χ2n) is 5.53. The van der Waals surface area contributed by atoms with Crippen LogP contribution in [0.4, 0.5) is 11.4 Å². The Balaban J connectivity index is 0.00000312. The molecule has 4 nitrogen and oxygen atoms in total. The average Bonchev–Trinajstić information content (AvgIpc) is 2.57. The normalized spacial score (nSPS) is 9.56. The summed E-state index contributed by atoms with van der Waals surface area (Å²) in [6, 6.07) is 14.3. The summed E-state index contributed by atoms with van der Waals surface area (Å²) in [6.07, 6.45) is 1.02. The van der Waals surface area contributed by atoms with Crippen LogP contribution in [0.25, 0.3) is 0 Å². The monoisotopic (exact) mass is 394 g/mol. The topological polar surface area (TPSA) is 48.1 Å². The number of anilines is 2. The Kier molecular flexibility index (Phi) is 8.61. The van der Waals surface area contributed by atoms with E-state index in [-0.39, 0.29) is 12.4 Å². The molecular weight excluding hydrogens is 372 g/mol. The van der Waals surface area contributed by atoms with E-state index in [1.54, 1.807) is 0 Å². The van der Waals surface area contributed by atoms with Crippen molar-refractivity contribution in [3.63, 3.8) is 0 Å². The van der Waals surface area contributed by atoms with Crippen molar-refractivity contribution in [1.29, 1.82) is 0 Å². The van der Waals surface area contributed by atoms with Crippen molar-refractivity contribution in [2.24, 2.45) is 0 Å². The smallest absolute Gasteiger partial charge is 0.189 e. The summed E-state index contributed by atoms with van der Waals surface area (Å²) in [5, 5.41) is 7.16. The number of rotatable bonds is 3. The summed E-state index contributed by atoms with van der Waals surface area (Å²) in [5.41, 5.74) is 11.3. The standard InChI is InChI=1S/C18H22N4S2.ClH/c1-4-14-7-9-15(10-8-14)19-17(23)21-22-18(24)20-16-11-12(2)5-6-13(16)3;/h5-11H,4H2,1-3H3,(H2,19,21,23)(H2,20,22,24);1H. The highest BCUT2D eigenvalue weighted by Crippen LogP contribution is 2.16. The molecule has 2 aromatic carbocycles. The minimum absolute atomic E-state index is 0. The quantitative estimate of drug-likeness (QED) is 0.455. The first-order valence-corrected chi connectivity index (χ1v) is 8.59. The molecule has 0 spiro atoms. The van der Waals surface area contributed by atoms with Gasteiger partial charge < -0.3 is 10.6 Å². The van der Waals surface area contributed by atoms with Gasteiger partial charge >= 0.3 is 0 Å². The van der Waals surface area contributed by atoms with Crippen molar-refractivity contribution in [2.45, 2.75) is 27.2 Å². The number of thiocarbonyl (C=S) groups is 2. The van der Waals surface area contributed by atoms with Crippen LogP contribution in [0.5, 0.6) is 0 Å². The van der Waals surface area contributed by atoms with Gasteiger partial charge in [0.25, 0.3) is 0 Å². The van der Waals surface area contributed by atoms with Crippen LogP contribution >= 0.6 is 36.8 Å². The van der Waals surface area contributed by atoms with Gasteiger partial charge in [-0.1, -0.05) is 31.2 Å². The van der Waals surface area contributed by atoms with Crippen LogP contribution < -0.4 is 21.5 Å². The third-order valence-corrected chi connectivity index (χ3v) is 3.96. The molecular formula is C18H23ClN4S2. The van der Waals surface area contributed by atoms with Crippen LogP contribution in [-0.2, 0) is 6.42 Å². The molecule has 0 saturated carbocycles. The van der Waals surface area contributed by atoms with Crippen molar-refractivity contribution in [1.82, 2.24) is 10.9 Å². The highest BCUT2D eigenvalue weighted by Gasteiger charge is 2.03. The molecule has 134 valence electrons. The first-order chi connectivity index (χ1) is 11.5. The first kappa shape index (κ1) is 21.2. The Labute approximate surface area is 166 Å². The van der Waals surface area contributed by atoms with Gasteiger partial charge in [-0.2, -0.15) is 0 Å². The van der Waals surface area contributed by atoms with E-state index in [9.17, 15) is 0 Å². The molecule has 0 aromatic heterocycles. The summed E-state index contributed by atoms with van der Waals surface area (Å²) in [4.78, 5) is 0. The Morgan fingerprint density at radius 3 is 2.08 bits per heavy atom. The van der Waals surface area contributed by atoms with Gasteiger partial charge in [0, 0.05) is 11.4 Å². The zero-order valence-electron chi connectivity index (χ0n) is 14.5. The molecule has 0 heterocycles. The molecule has 0 aliphatic carbocycles. The zero-order valence-corrected chi connectivity index (χ0v) is 16.9. The Morgan fingerprint density at radius 2 is 1.48 bits per heavy atom. The Hall–Kier alpha value is -1.89. The lowest BCUT2D eigenvalue weighted by Crippen LogP contribution is -2.45. The van der Waals surface area contributed by atoms with E-state index in [4.69, 9.17) is 24.4 Å². The number of nitrogens with one attached hydrogen (secondary N) is 4. The molecule has 2 rings (SSSR count). The average molecular weight is 395 g/mol. The van der Waals surface area contributed by atoms with E-state index in [2.05, 4.69) is 58.7 Å².